The fourth-order valence-electron chi connectivity index (χ4n) is 3.07. The second-order valence-corrected chi connectivity index (χ2v) is 7.54. The Morgan fingerprint density at radius 3 is 2.53 bits per heavy atom. The quantitative estimate of drug-likeness (QED) is 0.263. The number of para-hydroxylation sites is 1. The highest BCUT2D eigenvalue weighted by atomic mass is 16.6. The molecule has 0 radical (unpaired) electrons. The van der Waals surface area contributed by atoms with Crippen molar-refractivity contribution in [2.45, 2.75) is 20.5 Å². The zero-order valence-corrected chi connectivity index (χ0v) is 19.2. The van der Waals surface area contributed by atoms with Crippen LogP contribution in [0.4, 0.5) is 11.4 Å². The highest BCUT2D eigenvalue weighted by Gasteiger charge is 2.11. The van der Waals surface area contributed by atoms with Gasteiger partial charge in [0, 0.05) is 23.4 Å². The third-order valence-electron chi connectivity index (χ3n) is 5.11. The third kappa shape index (κ3) is 6.55. The number of nitrogens with one attached hydrogen (secondary N) is 2. The molecule has 9 heteroatoms. The summed E-state index contributed by atoms with van der Waals surface area (Å²) in [5.41, 5.74) is 7.04. The van der Waals surface area contributed by atoms with Gasteiger partial charge in [0.05, 0.1) is 24.8 Å². The lowest BCUT2D eigenvalue weighted by molar-refractivity contribution is -0.384. The summed E-state index contributed by atoms with van der Waals surface area (Å²) < 4.78 is 11.3. The van der Waals surface area contributed by atoms with Gasteiger partial charge in [-0.05, 0) is 66.9 Å². The Morgan fingerprint density at radius 2 is 1.85 bits per heavy atom. The summed E-state index contributed by atoms with van der Waals surface area (Å²) >= 11 is 0. The molecule has 0 saturated heterocycles. The number of nitro groups is 1. The van der Waals surface area contributed by atoms with Crippen molar-refractivity contribution in [3.8, 4) is 11.5 Å². The van der Waals surface area contributed by atoms with Crippen molar-refractivity contribution in [1.82, 2.24) is 5.43 Å². The van der Waals surface area contributed by atoms with Gasteiger partial charge in [0.25, 0.3) is 11.6 Å². The monoisotopic (exact) mass is 462 g/mol. The van der Waals surface area contributed by atoms with Gasteiger partial charge in [0.2, 0.25) is 0 Å². The first-order valence-electron chi connectivity index (χ1n) is 10.5. The molecule has 176 valence electrons. The molecule has 2 N–H and O–H groups in total. The molecule has 0 fully saturated rings. The van der Waals surface area contributed by atoms with E-state index >= 15 is 0 Å². The van der Waals surface area contributed by atoms with Gasteiger partial charge >= 0.3 is 0 Å². The number of hydrogen-bond donors (Lipinski definition) is 2. The normalized spacial score (nSPS) is 10.7. The minimum absolute atomic E-state index is 0.0107. The third-order valence-corrected chi connectivity index (χ3v) is 5.11. The van der Waals surface area contributed by atoms with Crippen molar-refractivity contribution in [2.24, 2.45) is 5.10 Å². The van der Waals surface area contributed by atoms with Gasteiger partial charge in [0.15, 0.2) is 11.5 Å². The SMILES string of the molecule is COc1cccc(/C=N\NC(=O)CNc2ccc(C)c(C)c2)c1OCc1ccc([N+](=O)[O-])cc1. The summed E-state index contributed by atoms with van der Waals surface area (Å²) in [5.74, 6) is 0.633. The Hall–Kier alpha value is -4.40. The van der Waals surface area contributed by atoms with E-state index in [1.807, 2.05) is 32.0 Å². The summed E-state index contributed by atoms with van der Waals surface area (Å²) in [6, 6.07) is 17.3. The smallest absolute Gasteiger partial charge is 0.269 e. The molecule has 0 aliphatic rings. The summed E-state index contributed by atoms with van der Waals surface area (Å²) in [7, 11) is 1.52. The van der Waals surface area contributed by atoms with Crippen molar-refractivity contribution in [1.29, 1.82) is 0 Å². The number of amides is 1. The molecule has 3 aromatic carbocycles. The second-order valence-electron chi connectivity index (χ2n) is 7.54. The number of rotatable bonds is 10. The van der Waals surface area contributed by atoms with Crippen LogP contribution in [0.5, 0.6) is 11.5 Å². The lowest BCUT2D eigenvalue weighted by Gasteiger charge is -2.13. The summed E-state index contributed by atoms with van der Waals surface area (Å²) in [4.78, 5) is 22.5. The van der Waals surface area contributed by atoms with Gasteiger partial charge in [-0.3, -0.25) is 14.9 Å². The van der Waals surface area contributed by atoms with E-state index in [4.69, 9.17) is 9.47 Å². The van der Waals surface area contributed by atoms with E-state index in [9.17, 15) is 14.9 Å². The first kappa shape index (κ1) is 24.2. The van der Waals surface area contributed by atoms with Gasteiger partial charge in [0.1, 0.15) is 6.61 Å². The maximum absolute atomic E-state index is 12.2. The predicted octanol–water partition coefficient (Wildman–Crippen LogP) is 4.36. The van der Waals surface area contributed by atoms with Crippen LogP contribution in [0.3, 0.4) is 0 Å². The average molecular weight is 463 g/mol. The number of nitrogens with zero attached hydrogens (tertiary/aromatic N) is 2. The van der Waals surface area contributed by atoms with Gasteiger partial charge in [-0.15, -0.1) is 0 Å². The molecular formula is C25H26N4O5. The summed E-state index contributed by atoms with van der Waals surface area (Å²) in [6.45, 7) is 4.29. The van der Waals surface area contributed by atoms with Crippen LogP contribution in [0.2, 0.25) is 0 Å². The van der Waals surface area contributed by atoms with E-state index in [1.54, 1.807) is 30.3 Å². The van der Waals surface area contributed by atoms with Gasteiger partial charge in [-0.1, -0.05) is 12.1 Å². The lowest BCUT2D eigenvalue weighted by atomic mass is 10.1. The maximum atomic E-state index is 12.2. The zero-order valence-electron chi connectivity index (χ0n) is 19.2. The van der Waals surface area contributed by atoms with E-state index in [2.05, 4.69) is 15.8 Å². The van der Waals surface area contributed by atoms with Crippen LogP contribution in [0.1, 0.15) is 22.3 Å². The first-order chi connectivity index (χ1) is 16.4. The molecule has 0 heterocycles. The molecule has 0 unspecified atom stereocenters. The Labute approximate surface area is 197 Å². The van der Waals surface area contributed by atoms with E-state index in [1.165, 1.54) is 31.0 Å². The molecule has 0 aliphatic heterocycles. The number of carbonyl (C=O) groups excluding carboxylic acids is 1. The van der Waals surface area contributed by atoms with Gasteiger partial charge in [-0.2, -0.15) is 5.10 Å². The number of anilines is 1. The average Bonchev–Trinajstić information content (AvgIpc) is 2.84. The van der Waals surface area contributed by atoms with Crippen molar-refractivity contribution < 1.29 is 19.2 Å². The molecule has 0 aromatic heterocycles. The minimum Gasteiger partial charge on any atom is -0.493 e. The van der Waals surface area contributed by atoms with Gasteiger partial charge in [-0.25, -0.2) is 5.43 Å². The fraction of sp³-hybridized carbons (Fsp3) is 0.200. The van der Waals surface area contributed by atoms with Crippen LogP contribution >= 0.6 is 0 Å². The number of non-ortho nitro benzene ring substituents is 1. The number of hydrogen-bond acceptors (Lipinski definition) is 7. The molecule has 3 rings (SSSR count). The Kier molecular flexibility index (Phi) is 8.17. The number of carbonyl (C=O) groups is 1. The molecule has 34 heavy (non-hydrogen) atoms. The van der Waals surface area contributed by atoms with Crippen molar-refractivity contribution >= 4 is 23.5 Å². The standard InChI is InChI=1S/C25H26N4O5/c1-17-7-10-21(13-18(17)2)26-15-24(30)28-27-14-20-5-4-6-23(33-3)25(20)34-16-19-8-11-22(12-9-19)29(31)32/h4-14,26H,15-16H2,1-3H3,(H,28,30)/b27-14-. The number of nitro benzene ring substituents is 1. The molecule has 0 aliphatic carbocycles. The van der Waals surface area contributed by atoms with Gasteiger partial charge < -0.3 is 14.8 Å². The number of aryl methyl sites for hydroxylation is 2. The molecule has 0 spiro atoms. The lowest BCUT2D eigenvalue weighted by Crippen LogP contribution is -2.25. The molecule has 0 saturated carbocycles. The van der Waals surface area contributed by atoms with Crippen molar-refractivity contribution in [3.05, 3.63) is 93.0 Å². The molecule has 0 bridgehead atoms. The minimum atomic E-state index is -0.453. The number of hydrazone groups is 1. The molecular weight excluding hydrogens is 436 g/mol. The summed E-state index contributed by atoms with van der Waals surface area (Å²) in [6.07, 6.45) is 1.47. The number of ether oxygens (including phenoxy) is 2. The van der Waals surface area contributed by atoms with E-state index in [-0.39, 0.29) is 24.7 Å². The van der Waals surface area contributed by atoms with E-state index in [0.717, 1.165) is 16.8 Å². The summed E-state index contributed by atoms with van der Waals surface area (Å²) in [5, 5.41) is 17.9. The zero-order chi connectivity index (χ0) is 24.5. The highest BCUT2D eigenvalue weighted by Crippen LogP contribution is 2.31. The highest BCUT2D eigenvalue weighted by molar-refractivity contribution is 5.87. The van der Waals surface area contributed by atoms with Crippen LogP contribution in [0, 0.1) is 24.0 Å². The van der Waals surface area contributed by atoms with E-state index in [0.29, 0.717) is 17.1 Å². The Bertz CT molecular complexity index is 1190. The number of benzene rings is 3. The molecule has 1 amide bonds. The van der Waals surface area contributed by atoms with Crippen LogP contribution in [-0.2, 0) is 11.4 Å². The Balaban J connectivity index is 1.61. The maximum Gasteiger partial charge on any atom is 0.269 e. The Morgan fingerprint density at radius 1 is 1.09 bits per heavy atom. The molecule has 3 aromatic rings. The van der Waals surface area contributed by atoms with Crippen molar-refractivity contribution in [3.63, 3.8) is 0 Å². The predicted molar refractivity (Wildman–Crippen MR) is 131 cm³/mol. The van der Waals surface area contributed by atoms with Crippen LogP contribution < -0.4 is 20.2 Å². The van der Waals surface area contributed by atoms with Crippen LogP contribution in [0.15, 0.2) is 65.8 Å². The number of methoxy groups -OCH3 is 1. The molecule has 0 atom stereocenters. The largest absolute Gasteiger partial charge is 0.493 e. The van der Waals surface area contributed by atoms with E-state index < -0.39 is 4.92 Å². The topological polar surface area (TPSA) is 115 Å². The van der Waals surface area contributed by atoms with Crippen molar-refractivity contribution in [2.75, 3.05) is 19.0 Å². The fourth-order valence-corrected chi connectivity index (χ4v) is 3.07. The first-order valence-corrected chi connectivity index (χ1v) is 10.5. The second kappa shape index (κ2) is 11.5. The van der Waals surface area contributed by atoms with Crippen LogP contribution in [-0.4, -0.2) is 30.7 Å². The van der Waals surface area contributed by atoms with Crippen LogP contribution in [0.25, 0.3) is 0 Å². The molecule has 9 nitrogen and oxygen atoms in total.